The van der Waals surface area contributed by atoms with Gasteiger partial charge in [0.2, 0.25) is 0 Å². The van der Waals surface area contributed by atoms with Crippen molar-refractivity contribution >= 4 is 20.9 Å². The Kier molecular flexibility index (Phi) is 4.50. The molecular weight excluding hydrogens is 247 g/mol. The number of hydrogen-bond acceptors (Lipinski definition) is 2. The van der Waals surface area contributed by atoms with Gasteiger partial charge in [-0.1, -0.05) is 0 Å². The summed E-state index contributed by atoms with van der Waals surface area (Å²) in [6.45, 7) is 0. The van der Waals surface area contributed by atoms with E-state index in [1.807, 2.05) is 24.3 Å². The van der Waals surface area contributed by atoms with Gasteiger partial charge in [-0.15, -0.1) is 0 Å². The average molecular weight is 259 g/mol. The zero-order chi connectivity index (χ0) is 10.4. The monoisotopic (exact) mass is 260 g/mol. The maximum atomic E-state index is 10.3. The Morgan fingerprint density at radius 3 is 2.57 bits per heavy atom. The van der Waals surface area contributed by atoms with E-state index in [1.165, 1.54) is 5.56 Å². The molecule has 1 rings (SSSR count). The molecule has 4 heteroatoms. The molecule has 1 aromatic carbocycles. The van der Waals surface area contributed by atoms with Crippen LogP contribution in [0, 0.1) is 0 Å². The van der Waals surface area contributed by atoms with Crippen molar-refractivity contribution in [2.45, 2.75) is 10.6 Å². The zero-order valence-electron chi connectivity index (χ0n) is 7.90. The number of carboxylic acid groups (broad SMARTS) is 1. The molecule has 0 aliphatic carbocycles. The minimum absolute atomic E-state index is 0.153. The van der Waals surface area contributed by atoms with Crippen LogP contribution in [0.25, 0.3) is 0 Å². The molecule has 0 aliphatic heterocycles. The van der Waals surface area contributed by atoms with Gasteiger partial charge in [0.05, 0.1) is 0 Å². The van der Waals surface area contributed by atoms with E-state index < -0.39 is 5.97 Å². The molecule has 0 radical (unpaired) electrons. The van der Waals surface area contributed by atoms with Gasteiger partial charge in [-0.25, -0.2) is 0 Å². The van der Waals surface area contributed by atoms with Crippen LogP contribution >= 0.6 is 0 Å². The number of hydrogen-bond donors (Lipinski definition) is 1. The Hall–Kier alpha value is -0.991. The Morgan fingerprint density at radius 2 is 2.07 bits per heavy atom. The maximum absolute atomic E-state index is 10.3. The van der Waals surface area contributed by atoms with Gasteiger partial charge in [0, 0.05) is 0 Å². The topological polar surface area (TPSA) is 46.5 Å². The quantitative estimate of drug-likeness (QED) is 0.813. The van der Waals surface area contributed by atoms with E-state index >= 15 is 0 Å². The van der Waals surface area contributed by atoms with Crippen LogP contribution in [0.4, 0.5) is 0 Å². The van der Waals surface area contributed by atoms with Gasteiger partial charge in [-0.2, -0.15) is 0 Å². The zero-order valence-corrected chi connectivity index (χ0v) is 9.61. The Labute approximate surface area is 89.2 Å². The number of benzene rings is 1. The van der Waals surface area contributed by atoms with Gasteiger partial charge in [-0.05, 0) is 0 Å². The summed E-state index contributed by atoms with van der Waals surface area (Å²) in [5, 5.41) is 9.62. The molecule has 0 unspecified atom stereocenters. The second-order valence-corrected chi connectivity index (χ2v) is 4.80. The van der Waals surface area contributed by atoms with E-state index in [4.69, 9.17) is 9.84 Å². The molecule has 1 aromatic rings. The SMILES string of the molecule is COc1ccc(C[Se]CC(=O)O)cc1. The van der Waals surface area contributed by atoms with Gasteiger partial charge < -0.3 is 0 Å². The number of carboxylic acids is 1. The fourth-order valence-corrected chi connectivity index (χ4v) is 2.46. The third-order valence-corrected chi connectivity index (χ3v) is 3.73. The van der Waals surface area contributed by atoms with E-state index in [0.717, 1.165) is 11.1 Å². The molecule has 0 aliphatic rings. The first-order valence-corrected chi connectivity index (χ1v) is 6.57. The van der Waals surface area contributed by atoms with Crippen LogP contribution in [0.3, 0.4) is 0 Å². The van der Waals surface area contributed by atoms with Crippen molar-refractivity contribution in [2.75, 3.05) is 7.11 Å². The molecule has 0 bridgehead atoms. The van der Waals surface area contributed by atoms with Crippen LogP contribution < -0.4 is 4.74 Å². The van der Waals surface area contributed by atoms with Crippen molar-refractivity contribution in [1.82, 2.24) is 0 Å². The van der Waals surface area contributed by atoms with Gasteiger partial charge in [0.25, 0.3) is 0 Å². The molecule has 0 heterocycles. The summed E-state index contributed by atoms with van der Waals surface area (Å²) in [7, 11) is 1.63. The fraction of sp³-hybridized carbons (Fsp3) is 0.300. The summed E-state index contributed by atoms with van der Waals surface area (Å²) in [6.07, 6.45) is 0. The number of ether oxygens (including phenoxy) is 1. The molecule has 0 saturated heterocycles. The van der Waals surface area contributed by atoms with Gasteiger partial charge >= 0.3 is 88.9 Å². The number of rotatable bonds is 5. The third-order valence-electron chi connectivity index (χ3n) is 1.65. The summed E-state index contributed by atoms with van der Waals surface area (Å²) in [6, 6.07) is 7.74. The van der Waals surface area contributed by atoms with Crippen LogP contribution in [-0.4, -0.2) is 33.1 Å². The van der Waals surface area contributed by atoms with Crippen molar-refractivity contribution in [2.24, 2.45) is 0 Å². The van der Waals surface area contributed by atoms with E-state index in [2.05, 4.69) is 0 Å². The molecule has 1 N–H and O–H groups in total. The van der Waals surface area contributed by atoms with Crippen molar-refractivity contribution < 1.29 is 14.6 Å². The molecule has 0 spiro atoms. The second-order valence-electron chi connectivity index (χ2n) is 2.73. The molecule has 14 heavy (non-hydrogen) atoms. The molecule has 3 nitrogen and oxygen atoms in total. The van der Waals surface area contributed by atoms with Crippen molar-refractivity contribution in [1.29, 1.82) is 0 Å². The Balaban J connectivity index is 2.40. The van der Waals surface area contributed by atoms with Gasteiger partial charge in [-0.3, -0.25) is 0 Å². The first-order valence-electron chi connectivity index (χ1n) is 4.15. The predicted octanol–water partition coefficient (Wildman–Crippen LogP) is 1.40. The van der Waals surface area contributed by atoms with E-state index in [9.17, 15) is 4.79 Å². The average Bonchev–Trinajstić information content (AvgIpc) is 2.18. The summed E-state index contributed by atoms with van der Waals surface area (Å²) >= 11 is 0.153. The van der Waals surface area contributed by atoms with E-state index in [-0.39, 0.29) is 15.0 Å². The Bertz CT molecular complexity index is 295. The summed E-state index contributed by atoms with van der Waals surface area (Å²) in [4.78, 5) is 10.3. The third kappa shape index (κ3) is 3.81. The summed E-state index contributed by atoms with van der Waals surface area (Å²) in [5.74, 6) is 0.123. The van der Waals surface area contributed by atoms with Crippen LogP contribution in [0.1, 0.15) is 5.56 Å². The van der Waals surface area contributed by atoms with Crippen LogP contribution in [0.15, 0.2) is 24.3 Å². The fourth-order valence-electron chi connectivity index (χ4n) is 0.978. The number of aliphatic carboxylic acids is 1. The molecule has 76 valence electrons. The van der Waals surface area contributed by atoms with E-state index in [0.29, 0.717) is 5.32 Å². The van der Waals surface area contributed by atoms with Crippen LogP contribution in [-0.2, 0) is 10.1 Å². The predicted molar refractivity (Wildman–Crippen MR) is 54.9 cm³/mol. The number of carbonyl (C=O) groups is 1. The van der Waals surface area contributed by atoms with Crippen LogP contribution in [0.2, 0.25) is 5.32 Å². The molecular formula is C10H12O3Se. The van der Waals surface area contributed by atoms with Crippen molar-refractivity contribution in [3.05, 3.63) is 29.8 Å². The van der Waals surface area contributed by atoms with Gasteiger partial charge in [0.15, 0.2) is 0 Å². The molecule has 0 fully saturated rings. The first kappa shape index (κ1) is 11.1. The minimum atomic E-state index is -0.710. The molecule has 0 saturated carbocycles. The van der Waals surface area contributed by atoms with Crippen molar-refractivity contribution in [3.8, 4) is 5.75 Å². The van der Waals surface area contributed by atoms with Gasteiger partial charge in [0.1, 0.15) is 0 Å². The number of methoxy groups -OCH3 is 1. The summed E-state index contributed by atoms with van der Waals surface area (Å²) < 4.78 is 5.02. The standard InChI is InChI=1S/C10H12O3Se/c1-13-9-4-2-8(3-5-9)6-14-7-10(11)12/h2-5H,6-7H2,1H3,(H,11,12). The normalized spacial score (nSPS) is 9.79. The van der Waals surface area contributed by atoms with E-state index in [1.54, 1.807) is 7.11 Å². The first-order chi connectivity index (χ1) is 6.72. The Morgan fingerprint density at radius 1 is 1.43 bits per heavy atom. The molecule has 0 aromatic heterocycles. The van der Waals surface area contributed by atoms with Crippen molar-refractivity contribution in [3.63, 3.8) is 0 Å². The molecule has 0 amide bonds. The second kappa shape index (κ2) is 5.68. The van der Waals surface area contributed by atoms with Crippen LogP contribution in [0.5, 0.6) is 5.75 Å². The summed E-state index contributed by atoms with van der Waals surface area (Å²) in [5.41, 5.74) is 1.17. The molecule has 0 atom stereocenters.